The van der Waals surface area contributed by atoms with Gasteiger partial charge >= 0.3 is 5.97 Å². The van der Waals surface area contributed by atoms with E-state index in [1.54, 1.807) is 6.08 Å². The van der Waals surface area contributed by atoms with Crippen molar-refractivity contribution in [3.05, 3.63) is 12.7 Å². The van der Waals surface area contributed by atoms with Crippen LogP contribution in [0.1, 0.15) is 32.1 Å². The highest BCUT2D eigenvalue weighted by Crippen LogP contribution is 2.47. The van der Waals surface area contributed by atoms with E-state index < -0.39 is 0 Å². The van der Waals surface area contributed by atoms with Gasteiger partial charge in [0.1, 0.15) is 0 Å². The fraction of sp³-hybridized carbons (Fsp3) is 0.727. The van der Waals surface area contributed by atoms with Crippen LogP contribution >= 0.6 is 0 Å². The molecule has 0 aromatic carbocycles. The van der Waals surface area contributed by atoms with Gasteiger partial charge in [0.15, 0.2) is 0 Å². The first-order valence-electron chi connectivity index (χ1n) is 5.08. The van der Waals surface area contributed by atoms with Gasteiger partial charge in [-0.2, -0.15) is 0 Å². The summed E-state index contributed by atoms with van der Waals surface area (Å²) in [6.07, 6.45) is 7.83. The van der Waals surface area contributed by atoms with Crippen LogP contribution in [0, 0.1) is 11.3 Å². The van der Waals surface area contributed by atoms with Crippen molar-refractivity contribution in [2.75, 3.05) is 6.61 Å². The maximum absolute atomic E-state index is 11.4. The molecule has 2 rings (SSSR count). The van der Waals surface area contributed by atoms with Gasteiger partial charge < -0.3 is 4.74 Å². The van der Waals surface area contributed by atoms with E-state index in [1.165, 1.54) is 19.3 Å². The molecule has 1 aliphatic heterocycles. The van der Waals surface area contributed by atoms with Crippen molar-refractivity contribution in [3.63, 3.8) is 0 Å². The lowest BCUT2D eigenvalue weighted by Crippen LogP contribution is -2.31. The molecule has 1 heterocycles. The molecule has 0 aromatic rings. The number of carbonyl (C=O) groups excluding carboxylic acids is 1. The molecule has 1 saturated carbocycles. The molecule has 1 saturated heterocycles. The van der Waals surface area contributed by atoms with E-state index in [4.69, 9.17) is 4.74 Å². The van der Waals surface area contributed by atoms with Crippen LogP contribution in [0.5, 0.6) is 0 Å². The molecule has 13 heavy (non-hydrogen) atoms. The van der Waals surface area contributed by atoms with Crippen molar-refractivity contribution in [3.8, 4) is 0 Å². The highest BCUT2D eigenvalue weighted by molar-refractivity contribution is 5.77. The van der Waals surface area contributed by atoms with Crippen LogP contribution in [0.3, 0.4) is 0 Å². The summed E-state index contributed by atoms with van der Waals surface area (Å²) in [7, 11) is 0. The normalized spacial score (nSPS) is 31.7. The van der Waals surface area contributed by atoms with Gasteiger partial charge in [0.25, 0.3) is 0 Å². The first-order valence-corrected chi connectivity index (χ1v) is 5.08. The highest BCUT2D eigenvalue weighted by Gasteiger charge is 2.48. The summed E-state index contributed by atoms with van der Waals surface area (Å²) in [5.74, 6) is -0.0929. The van der Waals surface area contributed by atoms with Crippen LogP contribution in [0.25, 0.3) is 0 Å². The number of hydrogen-bond acceptors (Lipinski definition) is 2. The molecule has 1 atom stereocenters. The Morgan fingerprint density at radius 2 is 2.08 bits per heavy atom. The second kappa shape index (κ2) is 3.17. The summed E-state index contributed by atoms with van der Waals surface area (Å²) >= 11 is 0. The van der Waals surface area contributed by atoms with Crippen LogP contribution < -0.4 is 0 Å². The number of carbonyl (C=O) groups is 1. The van der Waals surface area contributed by atoms with Crippen LogP contribution in [0.4, 0.5) is 0 Å². The Kier molecular flexibility index (Phi) is 2.14. The van der Waals surface area contributed by atoms with Gasteiger partial charge in [-0.15, -0.1) is 6.58 Å². The Hall–Kier alpha value is -0.790. The topological polar surface area (TPSA) is 26.3 Å². The number of hydrogen-bond donors (Lipinski definition) is 0. The molecule has 2 fully saturated rings. The van der Waals surface area contributed by atoms with Crippen molar-refractivity contribution in [2.24, 2.45) is 11.3 Å². The molecule has 0 amide bonds. The zero-order chi connectivity index (χ0) is 9.31. The smallest absolute Gasteiger partial charge is 0.313 e. The molecular formula is C11H16O2. The van der Waals surface area contributed by atoms with Crippen LogP contribution in [-0.2, 0) is 9.53 Å². The van der Waals surface area contributed by atoms with Crippen molar-refractivity contribution in [1.82, 2.24) is 0 Å². The van der Waals surface area contributed by atoms with Crippen molar-refractivity contribution in [2.45, 2.75) is 32.1 Å². The molecule has 0 aromatic heterocycles. The minimum Gasteiger partial charge on any atom is -0.465 e. The van der Waals surface area contributed by atoms with E-state index in [0.717, 1.165) is 12.8 Å². The quantitative estimate of drug-likeness (QED) is 0.457. The number of esters is 1. The van der Waals surface area contributed by atoms with Gasteiger partial charge in [0, 0.05) is 5.41 Å². The van der Waals surface area contributed by atoms with E-state index in [9.17, 15) is 4.79 Å². The second-order valence-corrected chi connectivity index (χ2v) is 4.24. The van der Waals surface area contributed by atoms with Crippen molar-refractivity contribution in [1.29, 1.82) is 0 Å². The third kappa shape index (κ3) is 1.28. The average Bonchev–Trinajstić information content (AvgIpc) is 2.45. The lowest BCUT2D eigenvalue weighted by atomic mass is 9.68. The Morgan fingerprint density at radius 3 is 2.69 bits per heavy atom. The predicted molar refractivity (Wildman–Crippen MR) is 50.2 cm³/mol. The van der Waals surface area contributed by atoms with Crippen LogP contribution in [0.15, 0.2) is 12.7 Å². The molecule has 2 heteroatoms. The lowest BCUT2D eigenvalue weighted by Gasteiger charge is -2.33. The first kappa shape index (κ1) is 8.79. The Morgan fingerprint density at radius 1 is 1.38 bits per heavy atom. The van der Waals surface area contributed by atoms with Gasteiger partial charge in [-0.05, 0) is 12.8 Å². The van der Waals surface area contributed by atoms with E-state index >= 15 is 0 Å². The molecule has 1 unspecified atom stereocenters. The van der Waals surface area contributed by atoms with E-state index in [1.807, 2.05) is 0 Å². The second-order valence-electron chi connectivity index (χ2n) is 4.24. The summed E-state index contributed by atoms with van der Waals surface area (Å²) in [4.78, 5) is 11.4. The molecule has 0 bridgehead atoms. The number of rotatable bonds is 1. The Labute approximate surface area is 79.0 Å². The lowest BCUT2D eigenvalue weighted by molar-refractivity contribution is -0.140. The molecule has 2 aliphatic rings. The Bertz CT molecular complexity index is 226. The van der Waals surface area contributed by atoms with Gasteiger partial charge in [0.05, 0.1) is 12.5 Å². The molecular weight excluding hydrogens is 164 g/mol. The average molecular weight is 180 g/mol. The Balaban J connectivity index is 2.20. The molecule has 1 spiro atoms. The molecule has 2 nitrogen and oxygen atoms in total. The summed E-state index contributed by atoms with van der Waals surface area (Å²) in [5, 5.41) is 0. The maximum atomic E-state index is 11.4. The third-order valence-corrected chi connectivity index (χ3v) is 3.50. The van der Waals surface area contributed by atoms with Crippen LogP contribution in [0.2, 0.25) is 0 Å². The number of ether oxygens (including phenoxy) is 1. The molecule has 1 aliphatic carbocycles. The zero-order valence-electron chi connectivity index (χ0n) is 7.92. The fourth-order valence-corrected chi connectivity index (χ4v) is 2.70. The number of cyclic esters (lactones) is 1. The van der Waals surface area contributed by atoms with Gasteiger partial charge in [-0.25, -0.2) is 0 Å². The van der Waals surface area contributed by atoms with E-state index in [-0.39, 0.29) is 17.3 Å². The van der Waals surface area contributed by atoms with E-state index in [0.29, 0.717) is 6.61 Å². The first-order chi connectivity index (χ1) is 6.28. The summed E-state index contributed by atoms with van der Waals surface area (Å²) < 4.78 is 5.14. The molecule has 72 valence electrons. The predicted octanol–water partition coefficient (Wildman–Crippen LogP) is 2.30. The summed E-state index contributed by atoms with van der Waals surface area (Å²) in [6.45, 7) is 4.37. The van der Waals surface area contributed by atoms with Crippen LogP contribution in [-0.4, -0.2) is 12.6 Å². The minimum absolute atomic E-state index is 0.0344. The van der Waals surface area contributed by atoms with Crippen molar-refractivity contribution >= 4 is 5.97 Å². The van der Waals surface area contributed by atoms with Gasteiger partial charge in [0.2, 0.25) is 0 Å². The monoisotopic (exact) mass is 180 g/mol. The molecule has 0 radical (unpaired) electrons. The van der Waals surface area contributed by atoms with Gasteiger partial charge in [-0.3, -0.25) is 4.79 Å². The standard InChI is InChI=1S/C11H16O2/c1-2-9-10(12)13-8-11(9)6-4-3-5-7-11/h2,9H,1,3-8H2. The zero-order valence-corrected chi connectivity index (χ0v) is 7.92. The summed E-state index contributed by atoms with van der Waals surface area (Å²) in [5.41, 5.74) is 0.122. The maximum Gasteiger partial charge on any atom is 0.313 e. The third-order valence-electron chi connectivity index (χ3n) is 3.50. The fourth-order valence-electron chi connectivity index (χ4n) is 2.70. The largest absolute Gasteiger partial charge is 0.465 e. The van der Waals surface area contributed by atoms with E-state index in [2.05, 4.69) is 6.58 Å². The highest BCUT2D eigenvalue weighted by atomic mass is 16.5. The minimum atomic E-state index is -0.0584. The van der Waals surface area contributed by atoms with Crippen molar-refractivity contribution < 1.29 is 9.53 Å². The SMILES string of the molecule is C=CC1C(=O)OCC12CCCCC2. The molecule has 0 N–H and O–H groups in total. The summed E-state index contributed by atoms with van der Waals surface area (Å²) in [6, 6.07) is 0. The van der Waals surface area contributed by atoms with Gasteiger partial charge in [-0.1, -0.05) is 25.3 Å².